The van der Waals surface area contributed by atoms with Crippen molar-refractivity contribution in [1.82, 2.24) is 24.1 Å². The fourth-order valence-electron chi connectivity index (χ4n) is 2.66. The van der Waals surface area contributed by atoms with Crippen LogP contribution in [0.1, 0.15) is 11.5 Å². The maximum Gasteiger partial charge on any atom is 0.152 e. The lowest BCUT2D eigenvalue weighted by Gasteiger charge is -2.27. The summed E-state index contributed by atoms with van der Waals surface area (Å²) >= 11 is 3.58. The Balaban J connectivity index is 1.79. The summed E-state index contributed by atoms with van der Waals surface area (Å²) in [4.78, 5) is 7.04. The molecule has 0 saturated heterocycles. The molecule has 6 nitrogen and oxygen atoms in total. The minimum atomic E-state index is 0.754. The van der Waals surface area contributed by atoms with E-state index in [-0.39, 0.29) is 0 Å². The van der Waals surface area contributed by atoms with Crippen molar-refractivity contribution in [3.05, 3.63) is 42.2 Å². The van der Waals surface area contributed by atoms with Crippen molar-refractivity contribution in [2.75, 3.05) is 11.4 Å². The van der Waals surface area contributed by atoms with E-state index in [2.05, 4.69) is 46.2 Å². The number of pyridine rings is 1. The van der Waals surface area contributed by atoms with E-state index in [0.29, 0.717) is 0 Å². The second-order valence-corrected chi connectivity index (χ2v) is 5.37. The molecule has 102 valence electrons. The first kappa shape index (κ1) is 11.9. The predicted octanol–water partition coefficient (Wildman–Crippen LogP) is 1.84. The van der Waals surface area contributed by atoms with Crippen LogP contribution in [0, 0.1) is 0 Å². The highest BCUT2D eigenvalue weighted by Crippen LogP contribution is 2.26. The van der Waals surface area contributed by atoms with Crippen molar-refractivity contribution in [2.24, 2.45) is 0 Å². The minimum absolute atomic E-state index is 0.754. The Morgan fingerprint density at radius 1 is 1.25 bits per heavy atom. The molecule has 1 aliphatic rings. The third-order valence-electron chi connectivity index (χ3n) is 3.67. The van der Waals surface area contributed by atoms with Crippen LogP contribution in [0.5, 0.6) is 0 Å². The first-order chi connectivity index (χ1) is 9.86. The van der Waals surface area contributed by atoms with Crippen LogP contribution in [-0.2, 0) is 18.4 Å². The Hall–Kier alpha value is -1.89. The number of alkyl halides is 1. The quantitative estimate of drug-likeness (QED) is 0.672. The van der Waals surface area contributed by atoms with E-state index < -0.39 is 0 Å². The Bertz CT molecular complexity index is 761. The van der Waals surface area contributed by atoms with Gasteiger partial charge in [0.1, 0.15) is 12.0 Å². The Kier molecular flexibility index (Phi) is 2.73. The third-order valence-corrected chi connectivity index (χ3v) is 4.20. The molecule has 3 aromatic heterocycles. The summed E-state index contributed by atoms with van der Waals surface area (Å²) in [5, 5.41) is 8.91. The number of rotatable bonds is 2. The van der Waals surface area contributed by atoms with Crippen LogP contribution >= 0.6 is 15.9 Å². The number of aromatic nitrogens is 5. The normalized spacial score (nSPS) is 14.8. The number of hydrogen-bond donors (Lipinski definition) is 0. The van der Waals surface area contributed by atoms with Gasteiger partial charge in [0.15, 0.2) is 11.6 Å². The second-order valence-electron chi connectivity index (χ2n) is 4.81. The second kappa shape index (κ2) is 4.59. The molecule has 0 atom stereocenters. The van der Waals surface area contributed by atoms with Gasteiger partial charge in [-0.2, -0.15) is 0 Å². The average molecular weight is 333 g/mol. The number of nitrogens with zero attached hydrogens (tertiary/aromatic N) is 6. The molecular weight excluding hydrogens is 320 g/mol. The zero-order valence-corrected chi connectivity index (χ0v) is 12.4. The molecule has 0 fully saturated rings. The molecule has 20 heavy (non-hydrogen) atoms. The minimum Gasteiger partial charge on any atom is -0.346 e. The number of fused-ring (bicyclic) bond motifs is 2. The Morgan fingerprint density at radius 3 is 3.10 bits per heavy atom. The summed E-state index contributed by atoms with van der Waals surface area (Å²) in [6, 6.07) is 6.07. The molecule has 0 unspecified atom stereocenters. The van der Waals surface area contributed by atoms with Crippen LogP contribution in [0.3, 0.4) is 0 Å². The molecule has 0 bridgehead atoms. The highest BCUT2D eigenvalue weighted by Gasteiger charge is 2.23. The van der Waals surface area contributed by atoms with Crippen molar-refractivity contribution < 1.29 is 0 Å². The van der Waals surface area contributed by atoms with Crippen LogP contribution < -0.4 is 4.90 Å². The fourth-order valence-corrected chi connectivity index (χ4v) is 3.18. The van der Waals surface area contributed by atoms with Crippen LogP contribution in [0.15, 0.2) is 30.7 Å². The highest BCUT2D eigenvalue weighted by atomic mass is 79.9. The standard InChI is InChI=1S/C13H13BrN6/c14-7-10-13(16-11-3-1-2-4-20(10)11)18-5-6-19-9-15-17-12(19)8-18/h1-4,9H,5-8H2. The van der Waals surface area contributed by atoms with Gasteiger partial charge in [-0.25, -0.2) is 4.98 Å². The molecule has 0 saturated carbocycles. The SMILES string of the molecule is BrCc1c(N2CCn3cnnc3C2)nc2ccccn12. The summed E-state index contributed by atoms with van der Waals surface area (Å²) in [6.45, 7) is 2.58. The lowest BCUT2D eigenvalue weighted by atomic mass is 10.3. The van der Waals surface area contributed by atoms with E-state index in [1.165, 1.54) is 5.69 Å². The van der Waals surface area contributed by atoms with Gasteiger partial charge in [-0.3, -0.25) is 0 Å². The van der Waals surface area contributed by atoms with Gasteiger partial charge in [0.25, 0.3) is 0 Å². The largest absolute Gasteiger partial charge is 0.346 e. The van der Waals surface area contributed by atoms with Crippen molar-refractivity contribution in [3.8, 4) is 0 Å². The Labute approximate surface area is 124 Å². The van der Waals surface area contributed by atoms with Crippen LogP contribution in [0.4, 0.5) is 5.82 Å². The van der Waals surface area contributed by atoms with Crippen LogP contribution in [0.25, 0.3) is 5.65 Å². The van der Waals surface area contributed by atoms with Gasteiger partial charge < -0.3 is 13.9 Å². The van der Waals surface area contributed by atoms with Gasteiger partial charge in [0.05, 0.1) is 12.2 Å². The van der Waals surface area contributed by atoms with Crippen molar-refractivity contribution >= 4 is 27.4 Å². The number of imidazole rings is 1. The molecule has 4 heterocycles. The van der Waals surface area contributed by atoms with Gasteiger partial charge in [0.2, 0.25) is 0 Å². The summed E-state index contributed by atoms with van der Waals surface area (Å²) in [7, 11) is 0. The molecular formula is C13H13BrN6. The summed E-state index contributed by atoms with van der Waals surface area (Å²) in [6.07, 6.45) is 3.84. The zero-order chi connectivity index (χ0) is 13.5. The van der Waals surface area contributed by atoms with Crippen molar-refractivity contribution in [2.45, 2.75) is 18.4 Å². The molecule has 4 rings (SSSR count). The van der Waals surface area contributed by atoms with Crippen LogP contribution in [0.2, 0.25) is 0 Å². The first-order valence-corrected chi connectivity index (χ1v) is 7.62. The van der Waals surface area contributed by atoms with E-state index >= 15 is 0 Å². The molecule has 0 aliphatic carbocycles. The molecule has 0 aromatic carbocycles. The first-order valence-electron chi connectivity index (χ1n) is 6.50. The van der Waals surface area contributed by atoms with E-state index in [9.17, 15) is 0 Å². The lowest BCUT2D eigenvalue weighted by molar-refractivity contribution is 0.556. The average Bonchev–Trinajstić information content (AvgIpc) is 3.10. The monoisotopic (exact) mass is 332 g/mol. The third kappa shape index (κ3) is 1.73. The number of hydrogen-bond acceptors (Lipinski definition) is 4. The van der Waals surface area contributed by atoms with Gasteiger partial charge in [-0.1, -0.05) is 22.0 Å². The van der Waals surface area contributed by atoms with Gasteiger partial charge in [0, 0.05) is 24.6 Å². The Morgan fingerprint density at radius 2 is 2.20 bits per heavy atom. The predicted molar refractivity (Wildman–Crippen MR) is 78.9 cm³/mol. The van der Waals surface area contributed by atoms with Crippen LogP contribution in [-0.4, -0.2) is 30.7 Å². The highest BCUT2D eigenvalue weighted by molar-refractivity contribution is 9.08. The van der Waals surface area contributed by atoms with Gasteiger partial charge in [-0.15, -0.1) is 10.2 Å². The molecule has 0 N–H and O–H groups in total. The number of anilines is 1. The molecule has 0 amide bonds. The van der Waals surface area contributed by atoms with Crippen molar-refractivity contribution in [1.29, 1.82) is 0 Å². The van der Waals surface area contributed by atoms with E-state index in [1.807, 2.05) is 18.2 Å². The van der Waals surface area contributed by atoms with E-state index in [0.717, 1.165) is 42.3 Å². The van der Waals surface area contributed by atoms with Gasteiger partial charge in [-0.05, 0) is 12.1 Å². The molecule has 0 spiro atoms. The zero-order valence-electron chi connectivity index (χ0n) is 10.8. The summed E-state index contributed by atoms with van der Waals surface area (Å²) in [5.41, 5.74) is 2.15. The van der Waals surface area contributed by atoms with E-state index in [1.54, 1.807) is 6.33 Å². The van der Waals surface area contributed by atoms with E-state index in [4.69, 9.17) is 4.98 Å². The maximum absolute atomic E-state index is 4.77. The molecule has 0 radical (unpaired) electrons. The smallest absolute Gasteiger partial charge is 0.152 e. The molecule has 1 aliphatic heterocycles. The topological polar surface area (TPSA) is 51.2 Å². The summed E-state index contributed by atoms with van der Waals surface area (Å²) < 4.78 is 4.23. The molecule has 3 aromatic rings. The lowest BCUT2D eigenvalue weighted by Crippen LogP contribution is -2.34. The maximum atomic E-state index is 4.77. The van der Waals surface area contributed by atoms with Gasteiger partial charge >= 0.3 is 0 Å². The molecule has 7 heteroatoms. The summed E-state index contributed by atoms with van der Waals surface area (Å²) in [5.74, 6) is 2.02. The fraction of sp³-hybridized carbons (Fsp3) is 0.308. The number of halogens is 1. The van der Waals surface area contributed by atoms with Crippen molar-refractivity contribution in [3.63, 3.8) is 0 Å².